The molecule has 4 nitrogen and oxygen atoms in total. The lowest BCUT2D eigenvalue weighted by Gasteiger charge is -2.35. The van der Waals surface area contributed by atoms with E-state index in [0.717, 1.165) is 0 Å². The number of carbonyl (C=O) groups excluding carboxylic acids is 1. The van der Waals surface area contributed by atoms with Gasteiger partial charge in [0.2, 0.25) is 0 Å². The number of halogens is 1. The summed E-state index contributed by atoms with van der Waals surface area (Å²) < 4.78 is 0. The Morgan fingerprint density at radius 2 is 2.11 bits per heavy atom. The van der Waals surface area contributed by atoms with E-state index in [1.165, 1.54) is 0 Å². The molecule has 0 saturated carbocycles. The molecule has 5 N–H and O–H groups in total. The molecule has 1 amide bonds. The van der Waals surface area contributed by atoms with Gasteiger partial charge in [-0.05, 0) is 31.0 Å². The van der Waals surface area contributed by atoms with E-state index in [1.54, 1.807) is 18.2 Å². The smallest absolute Gasteiger partial charge is 0.250 e. The first-order chi connectivity index (χ1) is 8.30. The molecular weight excluding hydrogens is 250 g/mol. The van der Waals surface area contributed by atoms with E-state index in [2.05, 4.69) is 19.2 Å². The third-order valence-corrected chi connectivity index (χ3v) is 3.60. The van der Waals surface area contributed by atoms with Gasteiger partial charge < -0.3 is 16.8 Å². The van der Waals surface area contributed by atoms with Gasteiger partial charge in [0, 0.05) is 22.8 Å². The Morgan fingerprint density at radius 3 is 2.56 bits per heavy atom. The van der Waals surface area contributed by atoms with Crippen molar-refractivity contribution in [3.8, 4) is 0 Å². The van der Waals surface area contributed by atoms with E-state index in [0.29, 0.717) is 28.7 Å². The lowest BCUT2D eigenvalue weighted by Crippen LogP contribution is -2.47. The van der Waals surface area contributed by atoms with Crippen LogP contribution >= 0.6 is 11.6 Å². The fourth-order valence-corrected chi connectivity index (χ4v) is 1.74. The van der Waals surface area contributed by atoms with E-state index in [1.807, 2.05) is 6.92 Å². The molecule has 1 aromatic carbocycles. The summed E-state index contributed by atoms with van der Waals surface area (Å²) in [5.41, 5.74) is 11.9. The van der Waals surface area contributed by atoms with Crippen LogP contribution in [0.1, 0.15) is 31.1 Å². The predicted molar refractivity (Wildman–Crippen MR) is 75.9 cm³/mol. The average Bonchev–Trinajstić information content (AvgIpc) is 2.30. The Balaban J connectivity index is 3.14. The van der Waals surface area contributed by atoms with Crippen LogP contribution in [0.4, 0.5) is 5.69 Å². The maximum atomic E-state index is 11.4. The van der Waals surface area contributed by atoms with Crippen LogP contribution in [0.2, 0.25) is 5.02 Å². The molecule has 0 aromatic heterocycles. The molecule has 1 aromatic rings. The second-order valence-electron chi connectivity index (χ2n) is 4.96. The van der Waals surface area contributed by atoms with Crippen molar-refractivity contribution < 1.29 is 4.79 Å². The minimum atomic E-state index is -0.511. The summed E-state index contributed by atoms with van der Waals surface area (Å²) in [5, 5.41) is 3.78. The van der Waals surface area contributed by atoms with Crippen molar-refractivity contribution in [3.63, 3.8) is 0 Å². The maximum absolute atomic E-state index is 11.4. The molecule has 0 aliphatic heterocycles. The largest absolute Gasteiger partial charge is 0.378 e. The topological polar surface area (TPSA) is 81.1 Å². The molecule has 0 spiro atoms. The third-order valence-electron chi connectivity index (χ3n) is 3.37. The van der Waals surface area contributed by atoms with Gasteiger partial charge >= 0.3 is 0 Å². The monoisotopic (exact) mass is 269 g/mol. The second kappa shape index (κ2) is 5.59. The van der Waals surface area contributed by atoms with Crippen LogP contribution in [0.3, 0.4) is 0 Å². The molecule has 0 fully saturated rings. The summed E-state index contributed by atoms with van der Waals surface area (Å²) in [7, 11) is 0. The molecule has 5 heteroatoms. The summed E-state index contributed by atoms with van der Waals surface area (Å²) in [6, 6.07) is 5.02. The quantitative estimate of drug-likeness (QED) is 0.767. The van der Waals surface area contributed by atoms with E-state index in [-0.39, 0.29) is 5.54 Å². The normalized spacial score (nSPS) is 14.3. The molecule has 18 heavy (non-hydrogen) atoms. The first-order valence-electron chi connectivity index (χ1n) is 5.87. The number of primary amides is 1. The minimum Gasteiger partial charge on any atom is -0.378 e. The van der Waals surface area contributed by atoms with Crippen molar-refractivity contribution in [2.24, 2.45) is 17.4 Å². The van der Waals surface area contributed by atoms with Crippen LogP contribution in [0, 0.1) is 5.92 Å². The van der Waals surface area contributed by atoms with Gasteiger partial charge in [0.15, 0.2) is 0 Å². The molecule has 1 rings (SSSR count). The Morgan fingerprint density at radius 1 is 1.50 bits per heavy atom. The van der Waals surface area contributed by atoms with Crippen LogP contribution < -0.4 is 16.8 Å². The number of nitrogens with one attached hydrogen (secondary N) is 1. The van der Waals surface area contributed by atoms with Crippen LogP contribution in [-0.2, 0) is 0 Å². The zero-order valence-electron chi connectivity index (χ0n) is 11.0. The van der Waals surface area contributed by atoms with Crippen LogP contribution in [0.25, 0.3) is 0 Å². The van der Waals surface area contributed by atoms with Crippen LogP contribution in [-0.4, -0.2) is 18.0 Å². The molecule has 100 valence electrons. The van der Waals surface area contributed by atoms with E-state index >= 15 is 0 Å². The van der Waals surface area contributed by atoms with Crippen LogP contribution in [0.5, 0.6) is 0 Å². The number of hydrogen-bond acceptors (Lipinski definition) is 3. The highest BCUT2D eigenvalue weighted by atomic mass is 35.5. The maximum Gasteiger partial charge on any atom is 0.250 e. The Bertz CT molecular complexity index is 448. The predicted octanol–water partition coefficient (Wildman–Crippen LogP) is 2.22. The van der Waals surface area contributed by atoms with Crippen LogP contribution in [0.15, 0.2) is 18.2 Å². The van der Waals surface area contributed by atoms with Gasteiger partial charge in [-0.15, -0.1) is 0 Å². The lowest BCUT2D eigenvalue weighted by atomic mass is 9.88. The van der Waals surface area contributed by atoms with Gasteiger partial charge in [-0.1, -0.05) is 25.4 Å². The highest BCUT2D eigenvalue weighted by Gasteiger charge is 2.27. The van der Waals surface area contributed by atoms with Gasteiger partial charge in [-0.2, -0.15) is 0 Å². The van der Waals surface area contributed by atoms with Gasteiger partial charge in [0.05, 0.1) is 5.56 Å². The first-order valence-corrected chi connectivity index (χ1v) is 6.25. The average molecular weight is 270 g/mol. The van der Waals surface area contributed by atoms with Crippen molar-refractivity contribution in [3.05, 3.63) is 28.8 Å². The van der Waals surface area contributed by atoms with Gasteiger partial charge in [0.25, 0.3) is 5.91 Å². The number of amides is 1. The summed E-state index contributed by atoms with van der Waals surface area (Å²) in [4.78, 5) is 11.4. The molecule has 0 radical (unpaired) electrons. The number of rotatable bonds is 5. The third kappa shape index (κ3) is 3.15. The van der Waals surface area contributed by atoms with E-state index < -0.39 is 5.91 Å². The first kappa shape index (κ1) is 14.8. The van der Waals surface area contributed by atoms with Crippen molar-refractivity contribution in [2.45, 2.75) is 26.3 Å². The zero-order valence-corrected chi connectivity index (χ0v) is 11.7. The van der Waals surface area contributed by atoms with Gasteiger partial charge in [0.1, 0.15) is 0 Å². The van der Waals surface area contributed by atoms with E-state index in [9.17, 15) is 4.79 Å². The van der Waals surface area contributed by atoms with Gasteiger partial charge in [-0.25, -0.2) is 0 Å². The Kier molecular flexibility index (Phi) is 4.59. The molecule has 0 aliphatic carbocycles. The molecule has 1 unspecified atom stereocenters. The second-order valence-corrected chi connectivity index (χ2v) is 5.39. The summed E-state index contributed by atoms with van der Waals surface area (Å²) in [5.74, 6) is -0.206. The van der Waals surface area contributed by atoms with Gasteiger partial charge in [-0.3, -0.25) is 4.79 Å². The number of carbonyl (C=O) groups is 1. The minimum absolute atomic E-state index is 0.305. The number of benzene rings is 1. The summed E-state index contributed by atoms with van der Waals surface area (Å²) in [6.45, 7) is 6.60. The SMILES string of the molecule is CC(C)C(C)(CN)Nc1ccc(Cl)cc1C(N)=O. The van der Waals surface area contributed by atoms with Crippen molar-refractivity contribution in [1.82, 2.24) is 0 Å². The van der Waals surface area contributed by atoms with Crippen molar-refractivity contribution >= 4 is 23.2 Å². The highest BCUT2D eigenvalue weighted by molar-refractivity contribution is 6.31. The fraction of sp³-hybridized carbons (Fsp3) is 0.462. The zero-order chi connectivity index (χ0) is 13.9. The number of hydrogen-bond donors (Lipinski definition) is 3. The van der Waals surface area contributed by atoms with Crippen molar-refractivity contribution in [2.75, 3.05) is 11.9 Å². The summed E-state index contributed by atoms with van der Waals surface area (Å²) in [6.07, 6.45) is 0. The molecule has 0 heterocycles. The molecule has 0 saturated heterocycles. The summed E-state index contributed by atoms with van der Waals surface area (Å²) >= 11 is 5.87. The van der Waals surface area contributed by atoms with E-state index in [4.69, 9.17) is 23.1 Å². The number of nitrogens with two attached hydrogens (primary N) is 2. The Hall–Kier alpha value is -1.26. The molecular formula is C13H20ClN3O. The van der Waals surface area contributed by atoms with Crippen molar-refractivity contribution in [1.29, 1.82) is 0 Å². The standard InChI is InChI=1S/C13H20ClN3O/c1-8(2)13(3,7-15)17-11-5-4-9(14)6-10(11)12(16)18/h4-6,8,17H,7,15H2,1-3H3,(H2,16,18). The molecule has 0 bridgehead atoms. The molecule has 0 aliphatic rings. The molecule has 1 atom stereocenters. The highest BCUT2D eigenvalue weighted by Crippen LogP contribution is 2.26. The fourth-order valence-electron chi connectivity index (χ4n) is 1.57. The number of anilines is 1. The lowest BCUT2D eigenvalue weighted by molar-refractivity contribution is 0.100. The Labute approximate surface area is 113 Å².